The van der Waals surface area contributed by atoms with E-state index >= 15 is 0 Å². The fourth-order valence-corrected chi connectivity index (χ4v) is 3.85. The summed E-state index contributed by atoms with van der Waals surface area (Å²) in [7, 11) is 0. The monoisotopic (exact) mass is 250 g/mol. The lowest BCUT2D eigenvalue weighted by Gasteiger charge is -2.32. The highest BCUT2D eigenvalue weighted by Gasteiger charge is 2.37. The molecule has 0 amide bonds. The Hall–Kier alpha value is -0.900. The molecule has 1 aliphatic carbocycles. The maximum Gasteiger partial charge on any atom is 0.157 e. The third-order valence-electron chi connectivity index (χ3n) is 3.65. The highest BCUT2D eigenvalue weighted by atomic mass is 32.2. The van der Waals surface area contributed by atoms with Gasteiger partial charge >= 0.3 is 0 Å². The van der Waals surface area contributed by atoms with Crippen molar-refractivity contribution in [1.29, 1.82) is 0 Å². The molecule has 0 radical (unpaired) electrons. The number of nitrogens with one attached hydrogen (secondary N) is 1. The Morgan fingerprint density at radius 2 is 2.24 bits per heavy atom. The molecule has 1 saturated heterocycles. The lowest BCUT2D eigenvalue weighted by Crippen LogP contribution is -2.45. The summed E-state index contributed by atoms with van der Waals surface area (Å²) < 4.78 is 5.04. The van der Waals surface area contributed by atoms with Crippen LogP contribution in [0.15, 0.2) is 28.0 Å². The van der Waals surface area contributed by atoms with Crippen molar-refractivity contribution < 1.29 is 4.42 Å². The van der Waals surface area contributed by atoms with Gasteiger partial charge in [0.25, 0.3) is 0 Å². The first kappa shape index (κ1) is 11.2. The molecule has 1 aromatic rings. The van der Waals surface area contributed by atoms with Gasteiger partial charge in [0.15, 0.2) is 5.17 Å². The molecule has 1 N–H and O–H groups in total. The molecule has 3 nitrogen and oxygen atoms in total. The van der Waals surface area contributed by atoms with Crippen LogP contribution in [-0.4, -0.2) is 16.5 Å². The van der Waals surface area contributed by atoms with Crippen molar-refractivity contribution in [2.45, 2.75) is 44.2 Å². The molecule has 1 aromatic heterocycles. The van der Waals surface area contributed by atoms with Crippen molar-refractivity contribution in [1.82, 2.24) is 5.32 Å². The largest absolute Gasteiger partial charge is 0.472 e. The summed E-state index contributed by atoms with van der Waals surface area (Å²) in [5, 5.41) is 4.77. The summed E-state index contributed by atoms with van der Waals surface area (Å²) in [5.41, 5.74) is 1.50. The number of nitrogens with zero attached hydrogens (tertiary/aromatic N) is 1. The predicted octanol–water partition coefficient (Wildman–Crippen LogP) is 3.17. The molecule has 3 rings (SSSR count). The second-order valence-corrected chi connectivity index (χ2v) is 5.97. The Bertz CT molecular complexity index is 394. The van der Waals surface area contributed by atoms with Crippen LogP contribution in [0.25, 0.3) is 0 Å². The topological polar surface area (TPSA) is 37.5 Å². The van der Waals surface area contributed by atoms with Crippen molar-refractivity contribution in [3.63, 3.8) is 0 Å². The van der Waals surface area contributed by atoms with Gasteiger partial charge < -0.3 is 9.73 Å². The number of hydrogen-bond acceptors (Lipinski definition) is 3. The van der Waals surface area contributed by atoms with Gasteiger partial charge in [0.1, 0.15) is 0 Å². The Balaban J connectivity index is 1.61. The number of hydrogen-bond donors (Lipinski definition) is 1. The van der Waals surface area contributed by atoms with E-state index in [1.807, 2.05) is 17.8 Å². The Kier molecular flexibility index (Phi) is 3.14. The van der Waals surface area contributed by atoms with Gasteiger partial charge in [-0.3, -0.25) is 4.99 Å². The molecule has 0 atom stereocenters. The van der Waals surface area contributed by atoms with Gasteiger partial charge in [-0.2, -0.15) is 0 Å². The maximum atomic E-state index is 5.04. The van der Waals surface area contributed by atoms with E-state index in [2.05, 4.69) is 10.3 Å². The molecular weight excluding hydrogens is 232 g/mol. The van der Waals surface area contributed by atoms with Crippen molar-refractivity contribution in [3.8, 4) is 0 Å². The smallest absolute Gasteiger partial charge is 0.157 e. The van der Waals surface area contributed by atoms with E-state index in [1.54, 1.807) is 12.5 Å². The molecule has 2 fully saturated rings. The normalized spacial score (nSPS) is 25.3. The number of furan rings is 1. The first-order valence-corrected chi connectivity index (χ1v) is 7.31. The van der Waals surface area contributed by atoms with Crippen molar-refractivity contribution in [2.24, 2.45) is 4.99 Å². The van der Waals surface area contributed by atoms with Crippen LogP contribution in [0.4, 0.5) is 0 Å². The second-order valence-electron chi connectivity index (χ2n) is 5.01. The van der Waals surface area contributed by atoms with E-state index in [4.69, 9.17) is 4.42 Å². The zero-order chi connectivity index (χ0) is 11.6. The molecule has 2 heterocycles. The molecule has 17 heavy (non-hydrogen) atoms. The number of thioether (sulfide) groups is 1. The maximum absolute atomic E-state index is 5.04. The number of amidine groups is 1. The zero-order valence-electron chi connectivity index (χ0n) is 9.95. The Morgan fingerprint density at radius 3 is 3.00 bits per heavy atom. The average Bonchev–Trinajstić information content (AvgIpc) is 2.98. The van der Waals surface area contributed by atoms with Crippen LogP contribution in [0.3, 0.4) is 0 Å². The lowest BCUT2D eigenvalue weighted by atomic mass is 9.83. The minimum absolute atomic E-state index is 0.359. The lowest BCUT2D eigenvalue weighted by molar-refractivity contribution is 0.303. The van der Waals surface area contributed by atoms with E-state index in [1.165, 1.54) is 37.9 Å². The SMILES string of the molecule is c1cc(CN=C2NC3(CCCCC3)CS2)co1. The van der Waals surface area contributed by atoms with Gasteiger partial charge in [0, 0.05) is 16.9 Å². The number of rotatable bonds is 2. The van der Waals surface area contributed by atoms with Gasteiger partial charge in [-0.05, 0) is 18.9 Å². The molecule has 0 bridgehead atoms. The standard InChI is InChI=1S/C13H18N2OS/c1-2-5-13(6-3-1)10-17-12(15-13)14-8-11-4-7-16-9-11/h4,7,9H,1-3,5-6,8,10H2,(H,14,15). The first-order chi connectivity index (χ1) is 8.36. The van der Waals surface area contributed by atoms with Gasteiger partial charge in [-0.1, -0.05) is 31.0 Å². The Labute approximate surface area is 106 Å². The fraction of sp³-hybridized carbons (Fsp3) is 0.615. The molecule has 1 aliphatic heterocycles. The minimum atomic E-state index is 0.359. The molecular formula is C13H18N2OS. The van der Waals surface area contributed by atoms with Gasteiger partial charge in [0.05, 0.1) is 19.1 Å². The van der Waals surface area contributed by atoms with Crippen molar-refractivity contribution >= 4 is 16.9 Å². The molecule has 0 unspecified atom stereocenters. The van der Waals surface area contributed by atoms with E-state index in [0.717, 1.165) is 17.3 Å². The summed E-state index contributed by atoms with van der Waals surface area (Å²) in [5.74, 6) is 1.19. The summed E-state index contributed by atoms with van der Waals surface area (Å²) in [6.07, 6.45) is 10.2. The van der Waals surface area contributed by atoms with Crippen molar-refractivity contribution in [3.05, 3.63) is 24.2 Å². The third kappa shape index (κ3) is 2.51. The fourth-order valence-electron chi connectivity index (χ4n) is 2.63. The first-order valence-electron chi connectivity index (χ1n) is 6.33. The van der Waals surface area contributed by atoms with Crippen LogP contribution in [0, 0.1) is 0 Å². The van der Waals surface area contributed by atoms with Gasteiger partial charge in [0.2, 0.25) is 0 Å². The van der Waals surface area contributed by atoms with E-state index in [0.29, 0.717) is 5.54 Å². The van der Waals surface area contributed by atoms with Gasteiger partial charge in [-0.15, -0.1) is 0 Å². The van der Waals surface area contributed by atoms with E-state index < -0.39 is 0 Å². The zero-order valence-corrected chi connectivity index (χ0v) is 10.8. The highest BCUT2D eigenvalue weighted by Crippen LogP contribution is 2.36. The molecule has 2 aliphatic rings. The molecule has 4 heteroatoms. The van der Waals surface area contributed by atoms with Gasteiger partial charge in [-0.25, -0.2) is 0 Å². The molecule has 1 spiro atoms. The molecule has 92 valence electrons. The summed E-state index contributed by atoms with van der Waals surface area (Å²) >= 11 is 1.88. The van der Waals surface area contributed by atoms with E-state index in [-0.39, 0.29) is 0 Å². The Morgan fingerprint density at radius 1 is 1.35 bits per heavy atom. The molecule has 1 saturated carbocycles. The van der Waals surface area contributed by atoms with Crippen LogP contribution in [0.2, 0.25) is 0 Å². The molecule has 0 aromatic carbocycles. The summed E-state index contributed by atoms with van der Waals surface area (Å²) in [4.78, 5) is 4.62. The summed E-state index contributed by atoms with van der Waals surface area (Å²) in [6, 6.07) is 1.97. The van der Waals surface area contributed by atoms with Crippen LogP contribution in [-0.2, 0) is 6.54 Å². The van der Waals surface area contributed by atoms with Crippen LogP contribution in [0.1, 0.15) is 37.7 Å². The van der Waals surface area contributed by atoms with E-state index in [9.17, 15) is 0 Å². The van der Waals surface area contributed by atoms with Crippen LogP contribution >= 0.6 is 11.8 Å². The second kappa shape index (κ2) is 4.77. The highest BCUT2D eigenvalue weighted by molar-refractivity contribution is 8.14. The van der Waals surface area contributed by atoms with Crippen molar-refractivity contribution in [2.75, 3.05) is 5.75 Å². The quantitative estimate of drug-likeness (QED) is 0.876. The van der Waals surface area contributed by atoms with Crippen LogP contribution < -0.4 is 5.32 Å². The predicted molar refractivity (Wildman–Crippen MR) is 71.3 cm³/mol. The van der Waals surface area contributed by atoms with Crippen LogP contribution in [0.5, 0.6) is 0 Å². The average molecular weight is 250 g/mol. The number of aliphatic imine (C=N–C) groups is 1. The summed E-state index contributed by atoms with van der Waals surface area (Å²) in [6.45, 7) is 0.724. The minimum Gasteiger partial charge on any atom is -0.472 e. The third-order valence-corrected chi connectivity index (χ3v) is 4.85.